The Hall–Kier alpha value is -1.60. The maximum absolute atomic E-state index is 12.6. The summed E-state index contributed by atoms with van der Waals surface area (Å²) in [6, 6.07) is 0.154. The lowest BCUT2D eigenvalue weighted by atomic mass is 10.1. The summed E-state index contributed by atoms with van der Waals surface area (Å²) >= 11 is 0. The second kappa shape index (κ2) is 4.11. The van der Waals surface area contributed by atoms with Crippen LogP contribution in [0, 0.1) is 5.95 Å². The van der Waals surface area contributed by atoms with Crippen LogP contribution < -0.4 is 0 Å². The molecule has 0 aliphatic heterocycles. The summed E-state index contributed by atoms with van der Waals surface area (Å²) in [4.78, 5) is 12.7. The second-order valence-electron chi connectivity index (χ2n) is 2.71. The molecule has 1 rings (SSSR count). The third kappa shape index (κ3) is 2.31. The van der Waals surface area contributed by atoms with Gasteiger partial charge in [-0.05, 0) is 0 Å². The number of carbonyl (C=O) groups is 1. The SMILES string of the molecule is O=Cc1cc(F)nc(C(F)F)c1C(F)(F)F. The molecule has 1 heterocycles. The molecule has 0 atom stereocenters. The summed E-state index contributed by atoms with van der Waals surface area (Å²) < 4.78 is 74.0. The zero-order valence-corrected chi connectivity index (χ0v) is 7.36. The van der Waals surface area contributed by atoms with Crippen LogP contribution in [0.5, 0.6) is 0 Å². The first kappa shape index (κ1) is 12.5. The molecule has 0 aliphatic carbocycles. The molecule has 0 aromatic carbocycles. The van der Waals surface area contributed by atoms with Gasteiger partial charge in [0.05, 0.1) is 5.56 Å². The maximum atomic E-state index is 12.6. The van der Waals surface area contributed by atoms with Crippen molar-refractivity contribution in [1.29, 1.82) is 0 Å². The Balaban J connectivity index is 3.58. The number of halogens is 6. The Morgan fingerprint density at radius 2 is 1.88 bits per heavy atom. The van der Waals surface area contributed by atoms with Gasteiger partial charge in [-0.1, -0.05) is 0 Å². The van der Waals surface area contributed by atoms with Crippen LogP contribution in [0.25, 0.3) is 0 Å². The summed E-state index contributed by atoms with van der Waals surface area (Å²) in [7, 11) is 0. The van der Waals surface area contributed by atoms with Crippen LogP contribution >= 0.6 is 0 Å². The molecule has 0 saturated carbocycles. The van der Waals surface area contributed by atoms with Crippen LogP contribution in [0.3, 0.4) is 0 Å². The number of carbonyl (C=O) groups excluding carboxylic acids is 1. The number of hydrogen-bond acceptors (Lipinski definition) is 2. The number of nitrogens with zero attached hydrogens (tertiary/aromatic N) is 1. The number of hydrogen-bond donors (Lipinski definition) is 0. The first-order valence-electron chi connectivity index (χ1n) is 3.78. The molecule has 0 spiro atoms. The Morgan fingerprint density at radius 3 is 2.25 bits per heavy atom. The molecule has 0 amide bonds. The van der Waals surface area contributed by atoms with Crippen molar-refractivity contribution in [2.75, 3.05) is 0 Å². The summed E-state index contributed by atoms with van der Waals surface area (Å²) in [6.07, 6.45) is -9.16. The zero-order chi connectivity index (χ0) is 12.5. The standard InChI is InChI=1S/C8H3F6NO/c9-4-1-3(2-16)5(8(12,13)14)6(15-4)7(10)11/h1-2,7H. The third-order valence-electron chi connectivity index (χ3n) is 1.66. The normalized spacial score (nSPS) is 11.9. The highest BCUT2D eigenvalue weighted by atomic mass is 19.4. The smallest absolute Gasteiger partial charge is 0.298 e. The van der Waals surface area contributed by atoms with E-state index in [9.17, 15) is 31.1 Å². The summed E-state index contributed by atoms with van der Waals surface area (Å²) in [5.74, 6) is -1.56. The highest BCUT2D eigenvalue weighted by Crippen LogP contribution is 2.37. The Morgan fingerprint density at radius 1 is 1.31 bits per heavy atom. The van der Waals surface area contributed by atoms with E-state index < -0.39 is 35.4 Å². The molecule has 16 heavy (non-hydrogen) atoms. The van der Waals surface area contributed by atoms with E-state index in [0.717, 1.165) is 0 Å². The van der Waals surface area contributed by atoms with Crippen molar-refractivity contribution in [1.82, 2.24) is 4.98 Å². The molecule has 0 radical (unpaired) electrons. The van der Waals surface area contributed by atoms with Crippen molar-refractivity contribution in [2.45, 2.75) is 12.6 Å². The van der Waals surface area contributed by atoms with Crippen LogP contribution in [0.1, 0.15) is 28.0 Å². The van der Waals surface area contributed by atoms with Gasteiger partial charge >= 0.3 is 6.18 Å². The maximum Gasteiger partial charge on any atom is 0.419 e. The molecule has 2 nitrogen and oxygen atoms in total. The van der Waals surface area contributed by atoms with Gasteiger partial charge in [0.25, 0.3) is 6.43 Å². The third-order valence-corrected chi connectivity index (χ3v) is 1.66. The predicted molar refractivity (Wildman–Crippen MR) is 39.5 cm³/mol. The van der Waals surface area contributed by atoms with Crippen molar-refractivity contribution >= 4 is 6.29 Å². The van der Waals surface area contributed by atoms with E-state index in [4.69, 9.17) is 0 Å². The van der Waals surface area contributed by atoms with Gasteiger partial charge in [0, 0.05) is 11.6 Å². The van der Waals surface area contributed by atoms with Crippen LogP contribution in [0.2, 0.25) is 0 Å². The first-order valence-corrected chi connectivity index (χ1v) is 3.78. The Labute approximate surface area is 84.9 Å². The minimum atomic E-state index is -5.19. The van der Waals surface area contributed by atoms with Crippen molar-refractivity contribution in [3.8, 4) is 0 Å². The average molecular weight is 243 g/mol. The van der Waals surface area contributed by atoms with Gasteiger partial charge in [0.2, 0.25) is 5.95 Å². The topological polar surface area (TPSA) is 30.0 Å². The van der Waals surface area contributed by atoms with Crippen molar-refractivity contribution < 1.29 is 31.1 Å². The van der Waals surface area contributed by atoms with E-state index in [0.29, 0.717) is 0 Å². The molecule has 1 aromatic rings. The fraction of sp³-hybridized carbons (Fsp3) is 0.250. The van der Waals surface area contributed by atoms with Crippen LogP contribution in [0.15, 0.2) is 6.07 Å². The number of rotatable bonds is 2. The molecule has 0 bridgehead atoms. The van der Waals surface area contributed by atoms with Crippen molar-refractivity contribution in [3.63, 3.8) is 0 Å². The summed E-state index contributed by atoms with van der Waals surface area (Å²) in [6.45, 7) is 0. The number of aromatic nitrogens is 1. The minimum absolute atomic E-state index is 0.154. The van der Waals surface area contributed by atoms with Gasteiger partial charge < -0.3 is 0 Å². The predicted octanol–water partition coefficient (Wildman–Crippen LogP) is 2.99. The minimum Gasteiger partial charge on any atom is -0.298 e. The van der Waals surface area contributed by atoms with Crippen LogP contribution in [-0.2, 0) is 6.18 Å². The summed E-state index contributed by atoms with van der Waals surface area (Å²) in [5.41, 5.74) is -4.89. The summed E-state index contributed by atoms with van der Waals surface area (Å²) in [5, 5.41) is 0. The number of pyridine rings is 1. The lowest BCUT2D eigenvalue weighted by Gasteiger charge is -2.13. The lowest BCUT2D eigenvalue weighted by molar-refractivity contribution is -0.140. The molecular weight excluding hydrogens is 240 g/mol. The van der Waals surface area contributed by atoms with Gasteiger partial charge in [0.15, 0.2) is 6.29 Å². The van der Waals surface area contributed by atoms with E-state index in [1.807, 2.05) is 0 Å². The van der Waals surface area contributed by atoms with Gasteiger partial charge in [-0.3, -0.25) is 4.79 Å². The van der Waals surface area contributed by atoms with Crippen molar-refractivity contribution in [3.05, 3.63) is 28.8 Å². The van der Waals surface area contributed by atoms with Gasteiger partial charge in [-0.25, -0.2) is 13.8 Å². The second-order valence-corrected chi connectivity index (χ2v) is 2.71. The highest BCUT2D eigenvalue weighted by molar-refractivity contribution is 5.78. The highest BCUT2D eigenvalue weighted by Gasteiger charge is 2.39. The van der Waals surface area contributed by atoms with Gasteiger partial charge in [-0.15, -0.1) is 0 Å². The van der Waals surface area contributed by atoms with Crippen molar-refractivity contribution in [2.24, 2.45) is 0 Å². The molecule has 0 aliphatic rings. The molecule has 1 aromatic heterocycles. The van der Waals surface area contributed by atoms with E-state index >= 15 is 0 Å². The van der Waals surface area contributed by atoms with E-state index in [2.05, 4.69) is 4.98 Å². The molecule has 8 heteroatoms. The van der Waals surface area contributed by atoms with Crippen LogP contribution in [-0.4, -0.2) is 11.3 Å². The molecule has 0 unspecified atom stereocenters. The number of aldehydes is 1. The lowest BCUT2D eigenvalue weighted by Crippen LogP contribution is -2.15. The molecule has 0 saturated heterocycles. The average Bonchev–Trinajstić information content (AvgIpc) is 2.14. The monoisotopic (exact) mass is 243 g/mol. The van der Waals surface area contributed by atoms with E-state index in [1.165, 1.54) is 0 Å². The number of alkyl halides is 5. The molecular formula is C8H3F6NO. The fourth-order valence-corrected chi connectivity index (χ4v) is 1.11. The molecule has 0 fully saturated rings. The Kier molecular flexibility index (Phi) is 3.20. The molecule has 88 valence electrons. The Bertz CT molecular complexity index is 414. The fourth-order valence-electron chi connectivity index (χ4n) is 1.11. The van der Waals surface area contributed by atoms with E-state index in [1.54, 1.807) is 0 Å². The van der Waals surface area contributed by atoms with E-state index in [-0.39, 0.29) is 12.4 Å². The van der Waals surface area contributed by atoms with Gasteiger partial charge in [-0.2, -0.15) is 17.6 Å². The zero-order valence-electron chi connectivity index (χ0n) is 7.36. The largest absolute Gasteiger partial charge is 0.419 e. The van der Waals surface area contributed by atoms with Crippen LogP contribution in [0.4, 0.5) is 26.3 Å². The molecule has 0 N–H and O–H groups in total. The quantitative estimate of drug-likeness (QED) is 0.454. The van der Waals surface area contributed by atoms with Gasteiger partial charge in [0.1, 0.15) is 5.69 Å². The first-order chi connectivity index (χ1) is 7.27.